The molecule has 5 heteroatoms. The molecule has 0 fully saturated rings. The minimum absolute atomic E-state index is 0.599. The van der Waals surface area contributed by atoms with Crippen LogP contribution in [0.1, 0.15) is 17.4 Å². The van der Waals surface area contributed by atoms with E-state index in [9.17, 15) is 0 Å². The molecule has 1 aliphatic rings. The van der Waals surface area contributed by atoms with Crippen LogP contribution in [-0.2, 0) is 13.1 Å². The molecule has 13 heavy (non-hydrogen) atoms. The predicted octanol–water partition coefficient (Wildman–Crippen LogP) is -0.490. The fourth-order valence-electron chi connectivity index (χ4n) is 1.43. The molecule has 0 aromatic carbocycles. The first-order chi connectivity index (χ1) is 6.31. The zero-order valence-corrected chi connectivity index (χ0v) is 7.20. The molecule has 1 aromatic heterocycles. The summed E-state index contributed by atoms with van der Waals surface area (Å²) in [6.45, 7) is 2.59. The number of nitrogens with one attached hydrogen (secondary N) is 1. The van der Waals surface area contributed by atoms with Gasteiger partial charge in [0.1, 0.15) is 6.04 Å². The molecule has 0 bridgehead atoms. The van der Waals surface area contributed by atoms with E-state index in [0.29, 0.717) is 5.69 Å². The van der Waals surface area contributed by atoms with E-state index in [-0.39, 0.29) is 0 Å². The lowest BCUT2D eigenvalue weighted by Gasteiger charge is -2.13. The van der Waals surface area contributed by atoms with Crippen LogP contribution in [0.25, 0.3) is 0 Å². The van der Waals surface area contributed by atoms with Crippen LogP contribution in [0.2, 0.25) is 0 Å². The highest BCUT2D eigenvalue weighted by molar-refractivity contribution is 5.19. The van der Waals surface area contributed by atoms with Crippen molar-refractivity contribution >= 4 is 0 Å². The van der Waals surface area contributed by atoms with Crippen molar-refractivity contribution in [3.05, 3.63) is 17.5 Å². The lowest BCUT2D eigenvalue weighted by Crippen LogP contribution is -2.28. The quantitative estimate of drug-likeness (QED) is 0.606. The van der Waals surface area contributed by atoms with Gasteiger partial charge in [-0.1, -0.05) is 0 Å². The molecule has 0 spiro atoms. The Bertz CT molecular complexity index is 324. The average Bonchev–Trinajstić information content (AvgIpc) is 2.59. The number of nitrogens with two attached hydrogens (primary N) is 1. The molecule has 1 aliphatic heterocycles. The molecule has 1 aromatic rings. The van der Waals surface area contributed by atoms with Gasteiger partial charge in [-0.15, -0.1) is 0 Å². The van der Waals surface area contributed by atoms with Crippen LogP contribution < -0.4 is 11.1 Å². The highest BCUT2D eigenvalue weighted by atomic mass is 15.3. The molecule has 5 nitrogen and oxygen atoms in total. The van der Waals surface area contributed by atoms with Crippen LogP contribution in [0, 0.1) is 11.3 Å². The van der Waals surface area contributed by atoms with Gasteiger partial charge in [0.25, 0.3) is 0 Å². The third-order valence-electron chi connectivity index (χ3n) is 2.15. The topological polar surface area (TPSA) is 79.7 Å². The molecule has 1 atom stereocenters. The van der Waals surface area contributed by atoms with Gasteiger partial charge in [-0.2, -0.15) is 10.4 Å². The summed E-state index contributed by atoms with van der Waals surface area (Å²) in [7, 11) is 0. The number of nitrogens with zero attached hydrogens (tertiary/aromatic N) is 3. The molecule has 68 valence electrons. The Hall–Kier alpha value is -1.38. The van der Waals surface area contributed by atoms with Gasteiger partial charge in [0.15, 0.2) is 0 Å². The first kappa shape index (κ1) is 8.23. The van der Waals surface area contributed by atoms with Crippen molar-refractivity contribution in [2.75, 3.05) is 6.54 Å². The van der Waals surface area contributed by atoms with Crippen molar-refractivity contribution in [1.29, 1.82) is 5.26 Å². The molecule has 0 aliphatic carbocycles. The normalized spacial score (nSPS) is 17.5. The average molecular weight is 177 g/mol. The zero-order chi connectivity index (χ0) is 9.26. The third kappa shape index (κ3) is 1.41. The molecule has 3 N–H and O–H groups in total. The lowest BCUT2D eigenvalue weighted by molar-refractivity contribution is 0.472. The summed E-state index contributed by atoms with van der Waals surface area (Å²) < 4.78 is 1.91. The summed E-state index contributed by atoms with van der Waals surface area (Å²) in [6, 6.07) is 3.26. The van der Waals surface area contributed by atoms with Gasteiger partial charge in [0.05, 0.1) is 24.0 Å². The van der Waals surface area contributed by atoms with E-state index in [0.717, 1.165) is 25.3 Å². The minimum atomic E-state index is -0.599. The van der Waals surface area contributed by atoms with Gasteiger partial charge in [-0.25, -0.2) is 0 Å². The van der Waals surface area contributed by atoms with Crippen molar-refractivity contribution < 1.29 is 0 Å². The zero-order valence-electron chi connectivity index (χ0n) is 7.20. The van der Waals surface area contributed by atoms with Gasteiger partial charge in [-0.05, 0) is 6.07 Å². The Morgan fingerprint density at radius 3 is 3.31 bits per heavy atom. The Labute approximate surface area is 76.1 Å². The minimum Gasteiger partial charge on any atom is -0.311 e. The first-order valence-corrected chi connectivity index (χ1v) is 4.24. The molecule has 1 unspecified atom stereocenters. The van der Waals surface area contributed by atoms with E-state index < -0.39 is 6.04 Å². The summed E-state index contributed by atoms with van der Waals surface area (Å²) in [6.07, 6.45) is 0. The van der Waals surface area contributed by atoms with Crippen LogP contribution in [-0.4, -0.2) is 16.3 Å². The standard InChI is InChI=1S/C8H11N5/c9-4-7(10)8-3-6-5-11-1-2-13(6)12-8/h3,7,11H,1-2,5,10H2. The summed E-state index contributed by atoms with van der Waals surface area (Å²) in [5, 5.41) is 16.1. The van der Waals surface area contributed by atoms with Gasteiger partial charge >= 0.3 is 0 Å². The van der Waals surface area contributed by atoms with Crippen molar-refractivity contribution in [1.82, 2.24) is 15.1 Å². The lowest BCUT2D eigenvalue weighted by atomic mass is 10.2. The number of hydrogen-bond acceptors (Lipinski definition) is 4. The molecule has 0 amide bonds. The van der Waals surface area contributed by atoms with Crippen LogP contribution in [0.3, 0.4) is 0 Å². The molecule has 0 radical (unpaired) electrons. The molecule has 2 rings (SSSR count). The maximum atomic E-state index is 8.61. The second kappa shape index (κ2) is 3.17. The maximum Gasteiger partial charge on any atom is 0.137 e. The Balaban J connectivity index is 2.31. The van der Waals surface area contributed by atoms with Crippen molar-refractivity contribution in [2.24, 2.45) is 5.73 Å². The first-order valence-electron chi connectivity index (χ1n) is 4.24. The highest BCUT2D eigenvalue weighted by Crippen LogP contribution is 2.12. The molecular formula is C8H11N5. The van der Waals surface area contributed by atoms with E-state index in [4.69, 9.17) is 11.0 Å². The molecular weight excluding hydrogens is 166 g/mol. The van der Waals surface area contributed by atoms with Crippen LogP contribution in [0.5, 0.6) is 0 Å². The Morgan fingerprint density at radius 1 is 1.77 bits per heavy atom. The second-order valence-corrected chi connectivity index (χ2v) is 3.07. The Morgan fingerprint density at radius 2 is 2.62 bits per heavy atom. The van der Waals surface area contributed by atoms with Crippen molar-refractivity contribution in [3.63, 3.8) is 0 Å². The number of fused-ring (bicyclic) bond motifs is 1. The summed E-state index contributed by atoms with van der Waals surface area (Å²) in [5.41, 5.74) is 7.32. The van der Waals surface area contributed by atoms with E-state index in [2.05, 4.69) is 10.4 Å². The fraction of sp³-hybridized carbons (Fsp3) is 0.500. The number of hydrogen-bond donors (Lipinski definition) is 2. The molecule has 0 saturated heterocycles. The SMILES string of the molecule is N#CC(N)c1cc2n(n1)CCNC2. The smallest absolute Gasteiger partial charge is 0.137 e. The second-order valence-electron chi connectivity index (χ2n) is 3.07. The van der Waals surface area contributed by atoms with E-state index >= 15 is 0 Å². The maximum absolute atomic E-state index is 8.61. The molecule has 2 heterocycles. The van der Waals surface area contributed by atoms with Gasteiger partial charge < -0.3 is 11.1 Å². The largest absolute Gasteiger partial charge is 0.311 e. The van der Waals surface area contributed by atoms with Crippen LogP contribution in [0.15, 0.2) is 6.07 Å². The van der Waals surface area contributed by atoms with Crippen LogP contribution in [0.4, 0.5) is 0 Å². The fourth-order valence-corrected chi connectivity index (χ4v) is 1.43. The van der Waals surface area contributed by atoms with Gasteiger partial charge in [0.2, 0.25) is 0 Å². The summed E-state index contributed by atoms with van der Waals surface area (Å²) >= 11 is 0. The van der Waals surface area contributed by atoms with Crippen molar-refractivity contribution in [3.8, 4) is 6.07 Å². The molecule has 0 saturated carbocycles. The predicted molar refractivity (Wildman–Crippen MR) is 46.5 cm³/mol. The number of nitriles is 1. The van der Waals surface area contributed by atoms with Gasteiger partial charge in [0, 0.05) is 13.1 Å². The number of rotatable bonds is 1. The van der Waals surface area contributed by atoms with Gasteiger partial charge in [-0.3, -0.25) is 4.68 Å². The van der Waals surface area contributed by atoms with Crippen molar-refractivity contribution in [2.45, 2.75) is 19.1 Å². The summed E-state index contributed by atoms with van der Waals surface area (Å²) in [4.78, 5) is 0. The van der Waals surface area contributed by atoms with E-state index in [1.165, 1.54) is 0 Å². The number of aromatic nitrogens is 2. The van der Waals surface area contributed by atoms with Crippen LogP contribution >= 0.6 is 0 Å². The van der Waals surface area contributed by atoms with E-state index in [1.807, 2.05) is 16.8 Å². The highest BCUT2D eigenvalue weighted by Gasteiger charge is 2.15. The Kier molecular flexibility index (Phi) is 2.00. The summed E-state index contributed by atoms with van der Waals surface area (Å²) in [5.74, 6) is 0. The van der Waals surface area contributed by atoms with E-state index in [1.54, 1.807) is 0 Å². The third-order valence-corrected chi connectivity index (χ3v) is 2.15. The monoisotopic (exact) mass is 177 g/mol.